The van der Waals surface area contributed by atoms with E-state index in [1.54, 1.807) is 6.20 Å². The van der Waals surface area contributed by atoms with Crippen LogP contribution in [0.4, 0.5) is 5.82 Å². The molecule has 1 saturated carbocycles. The molecule has 2 aliphatic heterocycles. The number of ether oxygens (including phenoxy) is 1. The summed E-state index contributed by atoms with van der Waals surface area (Å²) in [5, 5.41) is 3.37. The number of carbonyl (C=O) groups is 1. The van der Waals surface area contributed by atoms with Crippen LogP contribution in [0.15, 0.2) is 24.4 Å². The normalized spacial score (nSPS) is 30.6. The molecule has 1 spiro atoms. The number of amides is 1. The largest absolute Gasteiger partial charge is 0.368 e. The van der Waals surface area contributed by atoms with E-state index in [1.165, 1.54) is 6.42 Å². The van der Waals surface area contributed by atoms with Gasteiger partial charge in [0, 0.05) is 31.7 Å². The molecule has 1 aromatic rings. The van der Waals surface area contributed by atoms with Gasteiger partial charge in [0.2, 0.25) is 5.91 Å². The smallest absolute Gasteiger partial charge is 0.225 e. The molecule has 2 saturated heterocycles. The van der Waals surface area contributed by atoms with Gasteiger partial charge in [0.05, 0.1) is 11.7 Å². The first-order valence-corrected chi connectivity index (χ1v) is 8.86. The number of aromatic nitrogens is 1. The maximum Gasteiger partial charge on any atom is 0.225 e. The first-order chi connectivity index (χ1) is 11.2. The summed E-state index contributed by atoms with van der Waals surface area (Å²) in [6.07, 6.45) is 8.51. The van der Waals surface area contributed by atoms with E-state index in [-0.39, 0.29) is 11.7 Å². The molecule has 5 heteroatoms. The summed E-state index contributed by atoms with van der Waals surface area (Å²) in [5.41, 5.74) is -0.0980. The molecule has 0 unspecified atom stereocenters. The topological polar surface area (TPSA) is 54.5 Å². The number of nitrogens with zero attached hydrogens (tertiary/aromatic N) is 2. The first kappa shape index (κ1) is 14.9. The zero-order valence-corrected chi connectivity index (χ0v) is 13.5. The predicted molar refractivity (Wildman–Crippen MR) is 88.1 cm³/mol. The van der Waals surface area contributed by atoms with Gasteiger partial charge >= 0.3 is 0 Å². The third-order valence-electron chi connectivity index (χ3n) is 5.31. The van der Waals surface area contributed by atoms with Crippen LogP contribution in [0.5, 0.6) is 0 Å². The molecular weight excluding hydrogens is 290 g/mol. The van der Waals surface area contributed by atoms with Gasteiger partial charge in [-0.25, -0.2) is 4.98 Å². The minimum Gasteiger partial charge on any atom is -0.368 e. The van der Waals surface area contributed by atoms with Crippen LogP contribution in [-0.4, -0.2) is 47.1 Å². The Balaban J connectivity index is 1.33. The van der Waals surface area contributed by atoms with Crippen molar-refractivity contribution in [2.45, 2.75) is 50.2 Å². The number of carbonyl (C=O) groups excluding carboxylic acids is 1. The first-order valence-electron chi connectivity index (χ1n) is 8.86. The number of pyridine rings is 1. The highest BCUT2D eigenvalue weighted by Gasteiger charge is 2.46. The Morgan fingerprint density at radius 3 is 3.04 bits per heavy atom. The van der Waals surface area contributed by atoms with Crippen molar-refractivity contribution in [1.29, 1.82) is 0 Å². The molecule has 3 fully saturated rings. The van der Waals surface area contributed by atoms with Crippen LogP contribution in [0.1, 0.15) is 38.5 Å². The van der Waals surface area contributed by atoms with E-state index in [0.29, 0.717) is 11.8 Å². The molecule has 124 valence electrons. The Bertz CT molecular complexity index is 561. The summed E-state index contributed by atoms with van der Waals surface area (Å²) in [6.45, 7) is 2.45. The van der Waals surface area contributed by atoms with E-state index >= 15 is 0 Å². The van der Waals surface area contributed by atoms with Gasteiger partial charge in [0.1, 0.15) is 5.82 Å². The SMILES string of the molecule is O=C(C1CC1)N1CC[C@@]2(CCC[C@@H](CNc3ccccn3)O2)C1. The van der Waals surface area contributed by atoms with Crippen molar-refractivity contribution < 1.29 is 9.53 Å². The molecule has 0 bridgehead atoms. The molecule has 1 aliphatic carbocycles. The number of likely N-dealkylation sites (tertiary alicyclic amines) is 1. The zero-order chi connectivity index (χ0) is 15.7. The standard InChI is InChI=1S/C18H25N3O2/c22-17(14-6-7-14)21-11-9-18(13-21)8-3-4-15(23-18)12-20-16-5-1-2-10-19-16/h1-2,5,10,14-15H,3-4,6-9,11-13H2,(H,19,20)/t15-,18-/m0/s1. The highest BCUT2D eigenvalue weighted by Crippen LogP contribution is 2.39. The summed E-state index contributed by atoms with van der Waals surface area (Å²) in [7, 11) is 0. The number of anilines is 1. The van der Waals surface area contributed by atoms with Crippen molar-refractivity contribution in [3.05, 3.63) is 24.4 Å². The summed E-state index contributed by atoms with van der Waals surface area (Å²) >= 11 is 0. The second-order valence-corrected chi connectivity index (χ2v) is 7.20. The fourth-order valence-corrected chi connectivity index (χ4v) is 3.87. The zero-order valence-electron chi connectivity index (χ0n) is 13.5. The maximum absolute atomic E-state index is 12.3. The highest BCUT2D eigenvalue weighted by atomic mass is 16.5. The Labute approximate surface area is 137 Å². The second kappa shape index (κ2) is 6.11. The summed E-state index contributed by atoms with van der Waals surface area (Å²) in [6, 6.07) is 5.88. The van der Waals surface area contributed by atoms with Crippen molar-refractivity contribution in [1.82, 2.24) is 9.88 Å². The Kier molecular flexibility index (Phi) is 3.97. The fraction of sp³-hybridized carbons (Fsp3) is 0.667. The molecule has 23 heavy (non-hydrogen) atoms. The average molecular weight is 315 g/mol. The van der Waals surface area contributed by atoms with E-state index in [1.807, 2.05) is 23.1 Å². The van der Waals surface area contributed by atoms with Crippen LogP contribution in [0.2, 0.25) is 0 Å². The van der Waals surface area contributed by atoms with Crippen LogP contribution < -0.4 is 5.32 Å². The van der Waals surface area contributed by atoms with Gasteiger partial charge in [-0.05, 0) is 50.7 Å². The van der Waals surface area contributed by atoms with Gasteiger partial charge in [-0.2, -0.15) is 0 Å². The van der Waals surface area contributed by atoms with E-state index < -0.39 is 0 Å². The van der Waals surface area contributed by atoms with Crippen LogP contribution >= 0.6 is 0 Å². The molecule has 0 aromatic carbocycles. The van der Waals surface area contributed by atoms with E-state index in [2.05, 4.69) is 10.3 Å². The van der Waals surface area contributed by atoms with Crippen LogP contribution in [0.25, 0.3) is 0 Å². The van der Waals surface area contributed by atoms with Crippen molar-refractivity contribution >= 4 is 11.7 Å². The number of hydrogen-bond donors (Lipinski definition) is 1. The van der Waals surface area contributed by atoms with Crippen molar-refractivity contribution in [2.75, 3.05) is 25.0 Å². The van der Waals surface area contributed by atoms with Crippen LogP contribution in [0.3, 0.4) is 0 Å². The van der Waals surface area contributed by atoms with E-state index in [9.17, 15) is 4.79 Å². The molecule has 1 aromatic heterocycles. The summed E-state index contributed by atoms with van der Waals surface area (Å²) < 4.78 is 6.45. The van der Waals surface area contributed by atoms with Gasteiger partial charge in [0.25, 0.3) is 0 Å². The molecule has 1 N–H and O–H groups in total. The lowest BCUT2D eigenvalue weighted by atomic mass is 9.90. The lowest BCUT2D eigenvalue weighted by molar-refractivity contribution is -0.138. The Morgan fingerprint density at radius 2 is 2.26 bits per heavy atom. The van der Waals surface area contributed by atoms with Gasteiger partial charge < -0.3 is 15.0 Å². The fourth-order valence-electron chi connectivity index (χ4n) is 3.87. The van der Waals surface area contributed by atoms with Gasteiger partial charge in [0.15, 0.2) is 0 Å². The lowest BCUT2D eigenvalue weighted by Gasteiger charge is -2.38. The maximum atomic E-state index is 12.3. The quantitative estimate of drug-likeness (QED) is 0.927. The van der Waals surface area contributed by atoms with Crippen molar-refractivity contribution in [3.8, 4) is 0 Å². The number of rotatable bonds is 4. The van der Waals surface area contributed by atoms with Crippen LogP contribution in [-0.2, 0) is 9.53 Å². The molecular formula is C18H25N3O2. The third kappa shape index (κ3) is 3.34. The molecule has 4 rings (SSSR count). The van der Waals surface area contributed by atoms with E-state index in [0.717, 1.165) is 57.6 Å². The molecule has 1 amide bonds. The number of hydrogen-bond acceptors (Lipinski definition) is 4. The Hall–Kier alpha value is -1.62. The lowest BCUT2D eigenvalue weighted by Crippen LogP contribution is -2.46. The molecule has 3 aliphatic rings. The minimum atomic E-state index is -0.0980. The van der Waals surface area contributed by atoms with Gasteiger partial charge in [-0.15, -0.1) is 0 Å². The average Bonchev–Trinajstić information content (AvgIpc) is 3.36. The Morgan fingerprint density at radius 1 is 1.35 bits per heavy atom. The third-order valence-corrected chi connectivity index (χ3v) is 5.31. The molecule has 2 atom stereocenters. The van der Waals surface area contributed by atoms with Gasteiger partial charge in [-0.3, -0.25) is 4.79 Å². The van der Waals surface area contributed by atoms with Gasteiger partial charge in [-0.1, -0.05) is 6.07 Å². The van der Waals surface area contributed by atoms with E-state index in [4.69, 9.17) is 4.74 Å². The molecule has 5 nitrogen and oxygen atoms in total. The summed E-state index contributed by atoms with van der Waals surface area (Å²) in [5.74, 6) is 1.57. The summed E-state index contributed by atoms with van der Waals surface area (Å²) in [4.78, 5) is 18.6. The molecule has 0 radical (unpaired) electrons. The van der Waals surface area contributed by atoms with Crippen molar-refractivity contribution in [2.24, 2.45) is 5.92 Å². The monoisotopic (exact) mass is 315 g/mol. The predicted octanol–water partition coefficient (Wildman–Crippen LogP) is 2.44. The molecule has 3 heterocycles. The second-order valence-electron chi connectivity index (χ2n) is 7.20. The number of nitrogens with one attached hydrogen (secondary N) is 1. The minimum absolute atomic E-state index is 0.0980. The van der Waals surface area contributed by atoms with Crippen molar-refractivity contribution in [3.63, 3.8) is 0 Å². The highest BCUT2D eigenvalue weighted by molar-refractivity contribution is 5.81. The van der Waals surface area contributed by atoms with Crippen LogP contribution in [0, 0.1) is 5.92 Å².